The number of carbonyl (C=O) groups excluding carboxylic acids is 3. The zero-order valence-electron chi connectivity index (χ0n) is 21.6. The smallest absolute Gasteiger partial charge is 0.338 e. The van der Waals surface area contributed by atoms with Gasteiger partial charge in [0.05, 0.1) is 29.9 Å². The standard InChI is InChI=1S/C31H29NO6/c1-18(2)38-31(36)21-9-7-20(8-10-21)17-32-27(23-6-4-5-19(3)15-23)26(29(34)30(32)35)28(33)24-11-12-25-22(16-24)13-14-37-25/h4-12,15-16,18,27,33H,13-14,17H2,1-3H3/b28-26-. The summed E-state index contributed by atoms with van der Waals surface area (Å²) in [6.45, 7) is 6.19. The maximum atomic E-state index is 13.4. The first-order chi connectivity index (χ1) is 18.2. The lowest BCUT2D eigenvalue weighted by Crippen LogP contribution is -2.29. The summed E-state index contributed by atoms with van der Waals surface area (Å²) in [7, 11) is 0. The zero-order chi connectivity index (χ0) is 27.0. The van der Waals surface area contributed by atoms with E-state index in [0.29, 0.717) is 24.2 Å². The van der Waals surface area contributed by atoms with Crippen LogP contribution in [-0.2, 0) is 27.3 Å². The van der Waals surface area contributed by atoms with E-state index in [0.717, 1.165) is 28.0 Å². The molecule has 2 heterocycles. The van der Waals surface area contributed by atoms with Crippen LogP contribution in [0.5, 0.6) is 5.75 Å². The van der Waals surface area contributed by atoms with Gasteiger partial charge in [-0.25, -0.2) is 4.79 Å². The van der Waals surface area contributed by atoms with Crippen LogP contribution in [0.1, 0.15) is 58.1 Å². The number of likely N-dealkylation sites (tertiary alicyclic amines) is 1. The lowest BCUT2D eigenvalue weighted by molar-refractivity contribution is -0.140. The van der Waals surface area contributed by atoms with Crippen molar-refractivity contribution < 1.29 is 29.0 Å². The van der Waals surface area contributed by atoms with Crippen molar-refractivity contribution in [2.24, 2.45) is 0 Å². The van der Waals surface area contributed by atoms with Gasteiger partial charge in [-0.15, -0.1) is 0 Å². The van der Waals surface area contributed by atoms with E-state index >= 15 is 0 Å². The molecule has 3 aromatic rings. The number of aliphatic hydroxyl groups is 1. The SMILES string of the molecule is Cc1cccc(C2/C(=C(/O)c3ccc4c(c3)CCO4)C(=O)C(=O)N2Cc2ccc(C(=O)OC(C)C)cc2)c1. The molecule has 1 atom stereocenters. The molecule has 1 N–H and O–H groups in total. The van der Waals surface area contributed by atoms with Crippen LogP contribution in [-0.4, -0.2) is 40.4 Å². The Morgan fingerprint density at radius 2 is 1.79 bits per heavy atom. The largest absolute Gasteiger partial charge is 0.507 e. The van der Waals surface area contributed by atoms with E-state index < -0.39 is 23.7 Å². The van der Waals surface area contributed by atoms with E-state index in [2.05, 4.69) is 0 Å². The van der Waals surface area contributed by atoms with E-state index in [1.165, 1.54) is 4.90 Å². The summed E-state index contributed by atoms with van der Waals surface area (Å²) in [5.74, 6) is -1.29. The number of ketones is 1. The monoisotopic (exact) mass is 511 g/mol. The van der Waals surface area contributed by atoms with Crippen molar-refractivity contribution in [1.29, 1.82) is 0 Å². The van der Waals surface area contributed by atoms with Gasteiger partial charge in [0.25, 0.3) is 11.7 Å². The molecular weight excluding hydrogens is 482 g/mol. The summed E-state index contributed by atoms with van der Waals surface area (Å²) < 4.78 is 10.8. The molecule has 7 heteroatoms. The second kappa shape index (κ2) is 10.2. The summed E-state index contributed by atoms with van der Waals surface area (Å²) in [6, 6.07) is 18.9. The maximum absolute atomic E-state index is 13.4. The third-order valence-corrected chi connectivity index (χ3v) is 6.75. The van der Waals surface area contributed by atoms with Gasteiger partial charge in [-0.05, 0) is 67.8 Å². The number of fused-ring (bicyclic) bond motifs is 1. The third-order valence-electron chi connectivity index (χ3n) is 6.75. The molecule has 194 valence electrons. The van der Waals surface area contributed by atoms with Crippen molar-refractivity contribution in [3.8, 4) is 5.75 Å². The van der Waals surface area contributed by atoms with Crippen LogP contribution in [0.2, 0.25) is 0 Å². The molecule has 0 aromatic heterocycles. The minimum absolute atomic E-state index is 0.0524. The van der Waals surface area contributed by atoms with Gasteiger partial charge in [0.2, 0.25) is 0 Å². The van der Waals surface area contributed by atoms with E-state index in [-0.39, 0.29) is 24.0 Å². The quantitative estimate of drug-likeness (QED) is 0.214. The Bertz CT molecular complexity index is 1450. The van der Waals surface area contributed by atoms with Crippen LogP contribution in [0, 0.1) is 6.92 Å². The molecule has 0 saturated carbocycles. The van der Waals surface area contributed by atoms with Crippen LogP contribution in [0.25, 0.3) is 5.76 Å². The lowest BCUT2D eigenvalue weighted by Gasteiger charge is -2.26. The van der Waals surface area contributed by atoms with Gasteiger partial charge in [0.15, 0.2) is 0 Å². The van der Waals surface area contributed by atoms with Gasteiger partial charge in [-0.3, -0.25) is 9.59 Å². The average molecular weight is 512 g/mol. The first kappa shape index (κ1) is 25.3. The van der Waals surface area contributed by atoms with Gasteiger partial charge in [-0.1, -0.05) is 42.0 Å². The topological polar surface area (TPSA) is 93.1 Å². The van der Waals surface area contributed by atoms with E-state index in [9.17, 15) is 19.5 Å². The van der Waals surface area contributed by atoms with Crippen molar-refractivity contribution in [1.82, 2.24) is 4.90 Å². The molecule has 0 spiro atoms. The number of Topliss-reactive ketones (excluding diaryl/α,β-unsaturated/α-hetero) is 1. The predicted octanol–water partition coefficient (Wildman–Crippen LogP) is 5.12. The lowest BCUT2D eigenvalue weighted by atomic mass is 9.93. The molecule has 1 amide bonds. The first-order valence-electron chi connectivity index (χ1n) is 12.6. The number of rotatable bonds is 6. The number of nitrogens with zero attached hydrogens (tertiary/aromatic N) is 1. The van der Waals surface area contributed by atoms with E-state index in [1.54, 1.807) is 50.2 Å². The Morgan fingerprint density at radius 1 is 1.05 bits per heavy atom. The zero-order valence-corrected chi connectivity index (χ0v) is 21.6. The van der Waals surface area contributed by atoms with Gasteiger partial charge in [-0.2, -0.15) is 0 Å². The van der Waals surface area contributed by atoms with Crippen LogP contribution in [0.4, 0.5) is 0 Å². The fraction of sp³-hybridized carbons (Fsp3) is 0.258. The van der Waals surface area contributed by atoms with Crippen molar-refractivity contribution in [2.45, 2.75) is 45.9 Å². The van der Waals surface area contributed by atoms with Gasteiger partial charge in [0.1, 0.15) is 11.5 Å². The molecule has 0 bridgehead atoms. The van der Waals surface area contributed by atoms with Crippen LogP contribution < -0.4 is 4.74 Å². The molecule has 2 aliphatic rings. The number of carbonyl (C=O) groups is 3. The number of benzene rings is 3. The second-order valence-electron chi connectivity index (χ2n) is 9.91. The normalized spacial score (nSPS) is 18.0. The van der Waals surface area contributed by atoms with Crippen LogP contribution in [0.3, 0.4) is 0 Å². The molecule has 38 heavy (non-hydrogen) atoms. The molecule has 3 aromatic carbocycles. The van der Waals surface area contributed by atoms with Crippen LogP contribution in [0.15, 0.2) is 72.3 Å². The Kier molecular flexibility index (Phi) is 6.76. The highest BCUT2D eigenvalue weighted by molar-refractivity contribution is 6.46. The van der Waals surface area contributed by atoms with E-state index in [4.69, 9.17) is 9.47 Å². The number of esters is 1. The highest BCUT2D eigenvalue weighted by Crippen LogP contribution is 2.41. The van der Waals surface area contributed by atoms with Gasteiger partial charge >= 0.3 is 5.97 Å². The number of aryl methyl sites for hydroxylation is 1. The van der Waals surface area contributed by atoms with Crippen molar-refractivity contribution in [2.75, 3.05) is 6.61 Å². The third kappa shape index (κ3) is 4.79. The number of hydrogen-bond donors (Lipinski definition) is 1. The van der Waals surface area contributed by atoms with Crippen molar-refractivity contribution >= 4 is 23.4 Å². The first-order valence-corrected chi connectivity index (χ1v) is 12.6. The molecule has 2 aliphatic heterocycles. The number of hydrogen-bond acceptors (Lipinski definition) is 6. The Morgan fingerprint density at radius 3 is 2.50 bits per heavy atom. The molecule has 1 fully saturated rings. The van der Waals surface area contributed by atoms with Crippen molar-refractivity contribution in [3.05, 3.63) is 106 Å². The summed E-state index contributed by atoms with van der Waals surface area (Å²) in [6.07, 6.45) is 0.480. The number of amides is 1. The van der Waals surface area contributed by atoms with Crippen LogP contribution >= 0.6 is 0 Å². The molecule has 0 radical (unpaired) electrons. The Labute approximate surface area is 221 Å². The minimum Gasteiger partial charge on any atom is -0.507 e. The van der Waals surface area contributed by atoms with Crippen molar-refractivity contribution in [3.63, 3.8) is 0 Å². The molecule has 1 unspecified atom stereocenters. The number of ether oxygens (including phenoxy) is 2. The predicted molar refractivity (Wildman–Crippen MR) is 142 cm³/mol. The summed E-state index contributed by atoms with van der Waals surface area (Å²) in [5, 5.41) is 11.4. The fourth-order valence-electron chi connectivity index (χ4n) is 4.94. The minimum atomic E-state index is -0.773. The Balaban J connectivity index is 1.53. The second-order valence-corrected chi connectivity index (χ2v) is 9.91. The Hall–Kier alpha value is -4.39. The molecule has 1 saturated heterocycles. The van der Waals surface area contributed by atoms with Gasteiger partial charge in [0, 0.05) is 18.5 Å². The average Bonchev–Trinajstić information content (AvgIpc) is 3.46. The highest BCUT2D eigenvalue weighted by atomic mass is 16.5. The van der Waals surface area contributed by atoms with Gasteiger partial charge < -0.3 is 19.5 Å². The summed E-state index contributed by atoms with van der Waals surface area (Å²) in [5.41, 5.74) is 4.31. The maximum Gasteiger partial charge on any atom is 0.338 e. The summed E-state index contributed by atoms with van der Waals surface area (Å²) >= 11 is 0. The highest BCUT2D eigenvalue weighted by Gasteiger charge is 2.46. The van der Waals surface area contributed by atoms with E-state index in [1.807, 2.05) is 37.3 Å². The molecular formula is C31H29NO6. The molecule has 0 aliphatic carbocycles. The molecule has 7 nitrogen and oxygen atoms in total. The number of aliphatic hydroxyl groups excluding tert-OH is 1. The molecule has 5 rings (SSSR count). The summed E-state index contributed by atoms with van der Waals surface area (Å²) in [4.78, 5) is 40.4. The fourth-order valence-corrected chi connectivity index (χ4v) is 4.94.